The van der Waals surface area contributed by atoms with E-state index in [1.165, 1.54) is 30.3 Å². The number of hydrogen-bond acceptors (Lipinski definition) is 4. The molecule has 0 saturated carbocycles. The maximum atomic E-state index is 12.8. The Kier molecular flexibility index (Phi) is 4.61. The molecule has 108 valence electrons. The van der Waals surface area contributed by atoms with Crippen LogP contribution in [-0.2, 0) is 6.42 Å². The van der Waals surface area contributed by atoms with E-state index in [9.17, 15) is 19.3 Å². The minimum atomic E-state index is -0.534. The van der Waals surface area contributed by atoms with E-state index in [1.807, 2.05) is 0 Å². The largest absolute Gasteiger partial charge is 0.379 e. The topological polar surface area (TPSA) is 72.2 Å². The zero-order valence-electron chi connectivity index (χ0n) is 11.1. The number of nitrogens with zero attached hydrogens (tertiary/aromatic N) is 1. The van der Waals surface area contributed by atoms with E-state index in [-0.39, 0.29) is 17.1 Å². The summed E-state index contributed by atoms with van der Waals surface area (Å²) in [7, 11) is 0. The van der Waals surface area contributed by atoms with Crippen LogP contribution in [0.2, 0.25) is 0 Å². The van der Waals surface area contributed by atoms with Gasteiger partial charge in [0.15, 0.2) is 0 Å². The minimum absolute atomic E-state index is 0.140. The van der Waals surface area contributed by atoms with Crippen LogP contribution in [0.4, 0.5) is 15.8 Å². The van der Waals surface area contributed by atoms with Gasteiger partial charge in [-0.25, -0.2) is 4.39 Å². The van der Waals surface area contributed by atoms with Crippen molar-refractivity contribution in [2.24, 2.45) is 0 Å². The first-order valence-electron chi connectivity index (χ1n) is 6.32. The van der Waals surface area contributed by atoms with Crippen molar-refractivity contribution in [2.75, 3.05) is 11.9 Å². The lowest BCUT2D eigenvalue weighted by Gasteiger charge is -2.07. The Morgan fingerprint density at radius 1 is 1.19 bits per heavy atom. The van der Waals surface area contributed by atoms with Crippen LogP contribution < -0.4 is 5.32 Å². The second-order valence-electron chi connectivity index (χ2n) is 4.45. The van der Waals surface area contributed by atoms with Crippen molar-refractivity contribution in [2.45, 2.75) is 6.42 Å². The van der Waals surface area contributed by atoms with Gasteiger partial charge in [-0.15, -0.1) is 0 Å². The maximum absolute atomic E-state index is 12.8. The number of aldehydes is 1. The molecular weight excluding hydrogens is 275 g/mol. The van der Waals surface area contributed by atoms with Gasteiger partial charge in [-0.3, -0.25) is 14.9 Å². The average molecular weight is 288 g/mol. The lowest BCUT2D eigenvalue weighted by atomic mass is 10.1. The molecule has 6 heteroatoms. The molecule has 0 aliphatic heterocycles. The highest BCUT2D eigenvalue weighted by Gasteiger charge is 2.14. The molecule has 0 aliphatic carbocycles. The summed E-state index contributed by atoms with van der Waals surface area (Å²) < 4.78 is 12.8. The Labute approximate surface area is 120 Å². The number of carbonyl (C=O) groups is 1. The van der Waals surface area contributed by atoms with Gasteiger partial charge >= 0.3 is 0 Å². The summed E-state index contributed by atoms with van der Waals surface area (Å²) in [6.45, 7) is 0.465. The lowest BCUT2D eigenvalue weighted by Crippen LogP contribution is -2.07. The number of benzene rings is 2. The summed E-state index contributed by atoms with van der Waals surface area (Å²) in [4.78, 5) is 21.1. The van der Waals surface area contributed by atoms with E-state index in [4.69, 9.17) is 0 Å². The molecule has 0 radical (unpaired) electrons. The molecule has 2 aromatic rings. The highest BCUT2D eigenvalue weighted by molar-refractivity contribution is 5.79. The fourth-order valence-corrected chi connectivity index (χ4v) is 1.92. The number of nitro benzene ring substituents is 1. The third-order valence-corrected chi connectivity index (χ3v) is 3.00. The van der Waals surface area contributed by atoms with Crippen LogP contribution in [0.5, 0.6) is 0 Å². The molecule has 0 aliphatic rings. The van der Waals surface area contributed by atoms with Crippen molar-refractivity contribution in [3.63, 3.8) is 0 Å². The molecule has 0 saturated heterocycles. The van der Waals surface area contributed by atoms with Crippen molar-refractivity contribution in [3.8, 4) is 0 Å². The van der Waals surface area contributed by atoms with Gasteiger partial charge in [0.2, 0.25) is 0 Å². The number of nitrogens with one attached hydrogen (secondary N) is 1. The van der Waals surface area contributed by atoms with E-state index >= 15 is 0 Å². The standard InChI is InChI=1S/C15H13FN2O3/c16-13-4-1-11(2-5-13)7-8-17-14-6-3-12(10-19)9-15(14)18(20)21/h1-6,9-10,17H,7-8H2. The Bertz CT molecular complexity index is 656. The summed E-state index contributed by atoms with van der Waals surface area (Å²) in [5, 5.41) is 13.9. The molecule has 0 bridgehead atoms. The first kappa shape index (κ1) is 14.6. The Morgan fingerprint density at radius 2 is 1.90 bits per heavy atom. The van der Waals surface area contributed by atoms with Gasteiger partial charge in [-0.1, -0.05) is 12.1 Å². The van der Waals surface area contributed by atoms with Crippen molar-refractivity contribution < 1.29 is 14.1 Å². The van der Waals surface area contributed by atoms with Crippen LogP contribution in [0.25, 0.3) is 0 Å². The first-order valence-corrected chi connectivity index (χ1v) is 6.32. The first-order chi connectivity index (χ1) is 10.1. The third-order valence-electron chi connectivity index (χ3n) is 3.00. The van der Waals surface area contributed by atoms with Crippen LogP contribution in [0.3, 0.4) is 0 Å². The van der Waals surface area contributed by atoms with Crippen molar-refractivity contribution in [3.05, 3.63) is 69.5 Å². The highest BCUT2D eigenvalue weighted by Crippen LogP contribution is 2.24. The van der Waals surface area contributed by atoms with Crippen molar-refractivity contribution in [1.82, 2.24) is 0 Å². The zero-order chi connectivity index (χ0) is 15.2. The minimum Gasteiger partial charge on any atom is -0.379 e. The molecule has 0 atom stereocenters. The molecule has 2 rings (SSSR count). The fraction of sp³-hybridized carbons (Fsp3) is 0.133. The van der Waals surface area contributed by atoms with Gasteiger partial charge in [0.1, 0.15) is 17.8 Å². The van der Waals surface area contributed by atoms with E-state index < -0.39 is 4.92 Å². The van der Waals surface area contributed by atoms with Crippen LogP contribution in [-0.4, -0.2) is 17.8 Å². The third kappa shape index (κ3) is 3.85. The monoisotopic (exact) mass is 288 g/mol. The van der Waals surface area contributed by atoms with Crippen molar-refractivity contribution >= 4 is 17.7 Å². The predicted molar refractivity (Wildman–Crippen MR) is 77.1 cm³/mol. The molecule has 0 unspecified atom stereocenters. The molecule has 0 amide bonds. The van der Waals surface area contributed by atoms with Gasteiger partial charge in [0.05, 0.1) is 4.92 Å². The Hall–Kier alpha value is -2.76. The van der Waals surface area contributed by atoms with Crippen LogP contribution in [0.1, 0.15) is 15.9 Å². The summed E-state index contributed by atoms with van der Waals surface area (Å²) in [6.07, 6.45) is 1.17. The summed E-state index contributed by atoms with van der Waals surface area (Å²) in [5.74, 6) is -0.299. The van der Waals surface area contributed by atoms with E-state index in [0.29, 0.717) is 24.9 Å². The van der Waals surface area contributed by atoms with Crippen LogP contribution in [0.15, 0.2) is 42.5 Å². The average Bonchev–Trinajstić information content (AvgIpc) is 2.49. The summed E-state index contributed by atoms with van der Waals surface area (Å²) in [6, 6.07) is 10.3. The fourth-order valence-electron chi connectivity index (χ4n) is 1.92. The number of carbonyl (C=O) groups excluding carboxylic acids is 1. The smallest absolute Gasteiger partial charge is 0.293 e. The summed E-state index contributed by atoms with van der Waals surface area (Å²) in [5.41, 5.74) is 1.40. The van der Waals surface area contributed by atoms with Crippen LogP contribution in [0, 0.1) is 15.9 Å². The summed E-state index contributed by atoms with van der Waals surface area (Å²) >= 11 is 0. The van der Waals surface area contributed by atoms with Gasteiger partial charge < -0.3 is 5.32 Å². The predicted octanol–water partition coefficient (Wildman–Crippen LogP) is 3.20. The second-order valence-corrected chi connectivity index (χ2v) is 4.45. The lowest BCUT2D eigenvalue weighted by molar-refractivity contribution is -0.384. The number of halogens is 1. The number of rotatable bonds is 6. The molecule has 0 spiro atoms. The van der Waals surface area contributed by atoms with Gasteiger partial charge in [0.25, 0.3) is 5.69 Å². The molecule has 5 nitrogen and oxygen atoms in total. The van der Waals surface area contributed by atoms with Gasteiger partial charge in [-0.05, 0) is 36.2 Å². The number of nitro groups is 1. The van der Waals surface area contributed by atoms with Crippen molar-refractivity contribution in [1.29, 1.82) is 0 Å². The zero-order valence-corrected chi connectivity index (χ0v) is 11.1. The second kappa shape index (κ2) is 6.60. The Balaban J connectivity index is 2.04. The molecule has 0 aromatic heterocycles. The molecule has 21 heavy (non-hydrogen) atoms. The maximum Gasteiger partial charge on any atom is 0.293 e. The normalized spacial score (nSPS) is 10.1. The molecule has 0 fully saturated rings. The molecule has 2 aromatic carbocycles. The molecular formula is C15H13FN2O3. The number of hydrogen-bond donors (Lipinski definition) is 1. The Morgan fingerprint density at radius 3 is 2.52 bits per heavy atom. The van der Waals surface area contributed by atoms with E-state index in [0.717, 1.165) is 5.56 Å². The van der Waals surface area contributed by atoms with E-state index in [2.05, 4.69) is 5.32 Å². The molecule has 1 N–H and O–H groups in total. The highest BCUT2D eigenvalue weighted by atomic mass is 19.1. The van der Waals surface area contributed by atoms with Crippen LogP contribution >= 0.6 is 0 Å². The SMILES string of the molecule is O=Cc1ccc(NCCc2ccc(F)cc2)c([N+](=O)[O-])c1. The molecule has 0 heterocycles. The number of anilines is 1. The quantitative estimate of drug-likeness (QED) is 0.503. The van der Waals surface area contributed by atoms with Gasteiger partial charge in [-0.2, -0.15) is 0 Å². The van der Waals surface area contributed by atoms with E-state index in [1.54, 1.807) is 12.1 Å². The van der Waals surface area contributed by atoms with Gasteiger partial charge in [0, 0.05) is 18.2 Å².